The van der Waals surface area contributed by atoms with Crippen molar-refractivity contribution in [3.63, 3.8) is 0 Å². The van der Waals surface area contributed by atoms with Crippen LogP contribution in [0.1, 0.15) is 0 Å². The SMILES string of the molecule is [Cl][U]([Cl])([Cl])([Cl])([Cl])[Cl].[Ir+3].[K+]. The maximum absolute atomic E-state index is 5.61. The summed E-state index contributed by atoms with van der Waals surface area (Å²) in [7, 11) is 30.5. The van der Waals surface area contributed by atoms with E-state index < -0.39 is 13.0 Å². The molecule has 0 aliphatic rings. The van der Waals surface area contributed by atoms with Crippen LogP contribution in [0.3, 0.4) is 0 Å². The fraction of sp³-hybridized carbons (Fsp3) is 0. The van der Waals surface area contributed by atoms with Gasteiger partial charge in [0.15, 0.2) is 0 Å². The van der Waals surface area contributed by atoms with Gasteiger partial charge in [0.2, 0.25) is 0 Å². The molecule has 0 amide bonds. The molecular weight excluding hydrogens is 682 g/mol. The fourth-order valence-corrected chi connectivity index (χ4v) is 0. The molecule has 0 heterocycles. The molecule has 0 N–H and O–H groups in total. The molecule has 0 atom stereocenters. The van der Waals surface area contributed by atoms with Gasteiger partial charge in [0.05, 0.1) is 0 Å². The number of hydrogen-bond donors (Lipinski definition) is 0. The van der Waals surface area contributed by atoms with Crippen molar-refractivity contribution in [3.05, 3.63) is 0 Å². The van der Waals surface area contributed by atoms with E-state index in [2.05, 4.69) is 0 Å². The molecule has 0 saturated carbocycles. The first-order valence-electron chi connectivity index (χ1n) is 1.13. The summed E-state index contributed by atoms with van der Waals surface area (Å²) in [5.74, 6) is 0. The maximum Gasteiger partial charge on any atom is 3.00 e. The van der Waals surface area contributed by atoms with Gasteiger partial charge in [-0.2, -0.15) is 0 Å². The van der Waals surface area contributed by atoms with Crippen LogP contribution in [-0.2, 0) is 20.1 Å². The van der Waals surface area contributed by atoms with Crippen LogP contribution in [0.2, 0.25) is 0 Å². The molecule has 0 aliphatic carbocycles. The van der Waals surface area contributed by atoms with Crippen LogP contribution in [0, 0.1) is 13.0 Å². The zero-order valence-corrected chi connectivity index (χ0v) is 18.3. The van der Waals surface area contributed by atoms with Crippen LogP contribution >= 0.6 is 45.7 Å². The molecule has 0 aliphatic heterocycles. The first-order valence-corrected chi connectivity index (χ1v) is 31.7. The second-order valence-electron chi connectivity index (χ2n) is 1.07. The molecular formula is Cl6IrKU+4. The second-order valence-corrected chi connectivity index (χ2v) is 89.9. The van der Waals surface area contributed by atoms with Crippen molar-refractivity contribution in [2.75, 3.05) is 0 Å². The van der Waals surface area contributed by atoms with E-state index in [1.54, 1.807) is 0 Å². The molecule has 0 unspecified atom stereocenters. The minimum Gasteiger partial charge on any atom is 1.00 e. The van der Waals surface area contributed by atoms with Gasteiger partial charge >= 0.3 is 130 Å². The van der Waals surface area contributed by atoms with Crippen LogP contribution in [0.15, 0.2) is 0 Å². The van der Waals surface area contributed by atoms with Gasteiger partial charge in [0.25, 0.3) is 0 Å². The summed E-state index contributed by atoms with van der Waals surface area (Å²) in [5.41, 5.74) is 0. The largest absolute Gasteiger partial charge is 3.00 e. The Hall–Kier alpha value is 5.08. The number of rotatable bonds is 0. The van der Waals surface area contributed by atoms with Crippen molar-refractivity contribution in [2.24, 2.45) is 0 Å². The predicted octanol–water partition coefficient (Wildman–Crippen LogP) is 1.14. The van der Waals surface area contributed by atoms with E-state index in [1.165, 1.54) is 0 Å². The third-order valence-corrected chi connectivity index (χ3v) is 0. The number of hydrogen-bond acceptors (Lipinski definition) is 0. The van der Waals surface area contributed by atoms with Crippen LogP contribution < -0.4 is 51.4 Å². The standard InChI is InChI=1S/6ClH.Ir.K.U/h6*1H;;;/q;;;;;;+3;+1;+6/p-6. The molecule has 0 nitrogen and oxygen atoms in total. The Labute approximate surface area is 126 Å². The van der Waals surface area contributed by atoms with Crippen molar-refractivity contribution >= 4 is 45.7 Å². The van der Waals surface area contributed by atoms with E-state index in [0.29, 0.717) is 0 Å². The van der Waals surface area contributed by atoms with E-state index in [1.807, 2.05) is 0 Å². The minimum atomic E-state index is -5.61. The van der Waals surface area contributed by atoms with Gasteiger partial charge < -0.3 is 0 Å². The quantitative estimate of drug-likeness (QED) is 0.337. The molecule has 0 aromatic carbocycles. The summed E-state index contributed by atoms with van der Waals surface area (Å²) in [6, 6.07) is 0. The van der Waals surface area contributed by atoms with Gasteiger partial charge in [-0.1, -0.05) is 0 Å². The third kappa shape index (κ3) is 62.2. The Balaban J connectivity index is -0.000000180. The maximum atomic E-state index is 5.08. The van der Waals surface area contributed by atoms with Gasteiger partial charge in [0, 0.05) is 0 Å². The normalized spacial score (nSPS) is 18.0. The Morgan fingerprint density at radius 3 is 0.667 bits per heavy atom. The monoisotopic (exact) mass is 680 g/mol. The predicted molar refractivity (Wildman–Crippen MR) is 35.1 cm³/mol. The summed E-state index contributed by atoms with van der Waals surface area (Å²) in [5, 5.41) is 0. The average molecular weight is 682 g/mol. The zero-order valence-electron chi connectivity index (χ0n) is 4.10. The van der Waals surface area contributed by atoms with E-state index >= 15 is 0 Å². The smallest absolute Gasteiger partial charge is 1.00 e. The molecule has 0 bridgehead atoms. The minimum absolute atomic E-state index is 0. The average Bonchev–Trinajstić information content (AvgIpc) is 0.592. The Bertz CT molecular complexity index is 71.6. The first kappa shape index (κ1) is 19.6. The summed E-state index contributed by atoms with van der Waals surface area (Å²) < 4.78 is 0. The fourth-order valence-electron chi connectivity index (χ4n) is 0. The molecule has 0 spiro atoms. The van der Waals surface area contributed by atoms with E-state index in [-0.39, 0.29) is 71.5 Å². The Morgan fingerprint density at radius 2 is 0.667 bits per heavy atom. The van der Waals surface area contributed by atoms with E-state index in [0.717, 1.165) is 0 Å². The molecule has 0 saturated heterocycles. The van der Waals surface area contributed by atoms with Crippen molar-refractivity contribution in [1.29, 1.82) is 0 Å². The molecule has 9 heteroatoms. The second kappa shape index (κ2) is 4.73. The van der Waals surface area contributed by atoms with Crippen LogP contribution in [0.5, 0.6) is 0 Å². The summed E-state index contributed by atoms with van der Waals surface area (Å²) in [4.78, 5) is 0. The summed E-state index contributed by atoms with van der Waals surface area (Å²) in [6.45, 7) is 0. The molecule has 0 aromatic rings. The van der Waals surface area contributed by atoms with Gasteiger partial charge in [-0.25, -0.2) is 0 Å². The molecule has 0 radical (unpaired) electrons. The summed E-state index contributed by atoms with van der Waals surface area (Å²) >= 11 is -5.61. The first-order chi connectivity index (χ1) is 2.45. The van der Waals surface area contributed by atoms with Crippen molar-refractivity contribution in [2.45, 2.75) is 0 Å². The third-order valence-electron chi connectivity index (χ3n) is 0. The molecule has 0 rings (SSSR count). The molecule has 0 fully saturated rings. The Kier molecular flexibility index (Phi) is 10.3. The van der Waals surface area contributed by atoms with E-state index in [9.17, 15) is 0 Å². The van der Waals surface area contributed by atoms with Crippen LogP contribution in [-0.4, -0.2) is 0 Å². The van der Waals surface area contributed by atoms with Gasteiger partial charge in [-0.15, -0.1) is 0 Å². The molecule has 52 valence electrons. The molecule has 0 aromatic heterocycles. The zero-order chi connectivity index (χ0) is 6.41. The summed E-state index contributed by atoms with van der Waals surface area (Å²) in [6.07, 6.45) is 0. The number of halogens is 6. The van der Waals surface area contributed by atoms with Gasteiger partial charge in [-0.05, 0) is 0 Å². The topological polar surface area (TPSA) is 0 Å². The van der Waals surface area contributed by atoms with Gasteiger partial charge in [0.1, 0.15) is 0 Å². The van der Waals surface area contributed by atoms with Crippen molar-refractivity contribution < 1.29 is 84.5 Å². The van der Waals surface area contributed by atoms with Crippen LogP contribution in [0.25, 0.3) is 0 Å². The molecule has 9 heavy (non-hydrogen) atoms. The van der Waals surface area contributed by atoms with E-state index in [4.69, 9.17) is 45.7 Å². The Morgan fingerprint density at radius 1 is 0.667 bits per heavy atom. The van der Waals surface area contributed by atoms with Crippen molar-refractivity contribution in [1.82, 2.24) is 0 Å². The van der Waals surface area contributed by atoms with Gasteiger partial charge in [-0.3, -0.25) is 0 Å². The van der Waals surface area contributed by atoms with Crippen LogP contribution in [0.4, 0.5) is 0 Å². The van der Waals surface area contributed by atoms with Crippen molar-refractivity contribution in [3.8, 4) is 0 Å².